The molecule has 0 aliphatic carbocycles. The lowest BCUT2D eigenvalue weighted by Gasteiger charge is -2.08. The Kier molecular flexibility index (Phi) is 3.66. The Labute approximate surface area is 109 Å². The molecule has 6 heteroatoms. The highest BCUT2D eigenvalue weighted by molar-refractivity contribution is 7.18. The van der Waals surface area contributed by atoms with Gasteiger partial charge in [-0.05, 0) is 19.1 Å². The maximum Gasteiger partial charge on any atom is 0.307 e. The van der Waals surface area contributed by atoms with E-state index in [1.54, 1.807) is 11.3 Å². The Morgan fingerprint density at radius 1 is 1.56 bits per heavy atom. The van der Waals surface area contributed by atoms with Crippen LogP contribution >= 0.6 is 11.3 Å². The fourth-order valence-electron chi connectivity index (χ4n) is 1.66. The highest BCUT2D eigenvalue weighted by atomic mass is 32.1. The Morgan fingerprint density at radius 2 is 2.33 bits per heavy atom. The van der Waals surface area contributed by atoms with Crippen LogP contribution in [0.2, 0.25) is 0 Å². The van der Waals surface area contributed by atoms with Crippen LogP contribution in [0.15, 0.2) is 12.1 Å². The van der Waals surface area contributed by atoms with Crippen molar-refractivity contribution in [1.29, 1.82) is 0 Å². The van der Waals surface area contributed by atoms with Crippen LogP contribution in [-0.2, 0) is 9.53 Å². The number of anilines is 2. The molecule has 0 aliphatic rings. The van der Waals surface area contributed by atoms with E-state index in [0.717, 1.165) is 20.9 Å². The van der Waals surface area contributed by atoms with Crippen LogP contribution in [0.4, 0.5) is 11.4 Å². The number of nitrogens with two attached hydrogens (primary N) is 1. The molecule has 5 nitrogen and oxygen atoms in total. The van der Waals surface area contributed by atoms with Gasteiger partial charge in [0, 0.05) is 6.54 Å². The minimum Gasteiger partial charge on any atom is -0.469 e. The van der Waals surface area contributed by atoms with Gasteiger partial charge in [0.15, 0.2) is 0 Å². The number of hydrogen-bond donors (Lipinski definition) is 2. The van der Waals surface area contributed by atoms with Crippen molar-refractivity contribution in [2.24, 2.45) is 0 Å². The number of rotatable bonds is 4. The highest BCUT2D eigenvalue weighted by Gasteiger charge is 2.06. The maximum absolute atomic E-state index is 11.0. The molecule has 0 atom stereocenters. The van der Waals surface area contributed by atoms with Crippen molar-refractivity contribution in [3.8, 4) is 0 Å². The first-order valence-corrected chi connectivity index (χ1v) is 6.39. The zero-order chi connectivity index (χ0) is 13.1. The van der Waals surface area contributed by atoms with Gasteiger partial charge < -0.3 is 15.8 Å². The standard InChI is InChI=1S/C12H15N3O2S/c1-7-15-10-6-9(8(13)5-11(10)18-7)14-4-3-12(16)17-2/h5-6,14H,3-4,13H2,1-2H3. The van der Waals surface area contributed by atoms with E-state index in [9.17, 15) is 4.79 Å². The predicted molar refractivity (Wildman–Crippen MR) is 73.9 cm³/mol. The maximum atomic E-state index is 11.0. The van der Waals surface area contributed by atoms with Crippen LogP contribution in [0.1, 0.15) is 11.4 Å². The van der Waals surface area contributed by atoms with Crippen molar-refractivity contribution >= 4 is 38.9 Å². The number of hydrogen-bond acceptors (Lipinski definition) is 6. The van der Waals surface area contributed by atoms with E-state index in [0.29, 0.717) is 18.7 Å². The molecule has 0 saturated carbocycles. The molecule has 1 heterocycles. The summed E-state index contributed by atoms with van der Waals surface area (Å²) in [6.45, 7) is 2.46. The van der Waals surface area contributed by atoms with Crippen LogP contribution in [-0.4, -0.2) is 24.6 Å². The van der Waals surface area contributed by atoms with Gasteiger partial charge in [-0.3, -0.25) is 4.79 Å². The Bertz CT molecular complexity index is 580. The van der Waals surface area contributed by atoms with Gasteiger partial charge in [0.25, 0.3) is 0 Å². The number of methoxy groups -OCH3 is 1. The molecule has 2 aromatic rings. The second kappa shape index (κ2) is 5.22. The quantitative estimate of drug-likeness (QED) is 0.654. The van der Waals surface area contributed by atoms with E-state index in [4.69, 9.17) is 5.73 Å². The number of fused-ring (bicyclic) bond motifs is 1. The van der Waals surface area contributed by atoms with Crippen molar-refractivity contribution in [3.63, 3.8) is 0 Å². The Hall–Kier alpha value is -1.82. The third-order valence-electron chi connectivity index (χ3n) is 2.54. The molecule has 0 radical (unpaired) electrons. The fourth-order valence-corrected chi connectivity index (χ4v) is 2.52. The summed E-state index contributed by atoms with van der Waals surface area (Å²) < 4.78 is 5.64. The fraction of sp³-hybridized carbons (Fsp3) is 0.333. The number of carbonyl (C=O) groups excluding carboxylic acids is 1. The average molecular weight is 265 g/mol. The van der Waals surface area contributed by atoms with E-state index in [1.165, 1.54) is 7.11 Å². The Balaban J connectivity index is 2.12. The monoisotopic (exact) mass is 265 g/mol. The number of esters is 1. The van der Waals surface area contributed by atoms with Crippen LogP contribution in [0, 0.1) is 6.92 Å². The molecular weight excluding hydrogens is 250 g/mol. The molecule has 0 aliphatic heterocycles. The SMILES string of the molecule is COC(=O)CCNc1cc2nc(C)sc2cc1N. The predicted octanol–water partition coefficient (Wildman–Crippen LogP) is 2.16. The van der Waals surface area contributed by atoms with Crippen LogP contribution in [0.25, 0.3) is 10.2 Å². The second-order valence-corrected chi connectivity index (χ2v) is 5.13. The van der Waals surface area contributed by atoms with Crippen molar-refractivity contribution in [3.05, 3.63) is 17.1 Å². The third-order valence-corrected chi connectivity index (χ3v) is 3.47. The largest absolute Gasteiger partial charge is 0.469 e. The van der Waals surface area contributed by atoms with Gasteiger partial charge in [-0.2, -0.15) is 0 Å². The van der Waals surface area contributed by atoms with Gasteiger partial charge in [0.2, 0.25) is 0 Å². The van der Waals surface area contributed by atoms with Gasteiger partial charge in [-0.1, -0.05) is 0 Å². The summed E-state index contributed by atoms with van der Waals surface area (Å²) in [6, 6.07) is 3.81. The zero-order valence-electron chi connectivity index (χ0n) is 10.3. The first-order valence-electron chi connectivity index (χ1n) is 5.57. The highest BCUT2D eigenvalue weighted by Crippen LogP contribution is 2.29. The van der Waals surface area contributed by atoms with E-state index in [1.807, 2.05) is 19.1 Å². The number of nitrogens with zero attached hydrogens (tertiary/aromatic N) is 1. The van der Waals surface area contributed by atoms with E-state index in [2.05, 4.69) is 15.0 Å². The summed E-state index contributed by atoms with van der Waals surface area (Å²) in [4.78, 5) is 15.4. The molecule has 0 unspecified atom stereocenters. The minimum absolute atomic E-state index is 0.244. The molecule has 0 fully saturated rings. The molecule has 0 spiro atoms. The number of ether oxygens (including phenoxy) is 1. The van der Waals surface area contributed by atoms with Gasteiger partial charge in [0.05, 0.1) is 40.1 Å². The number of nitrogens with one attached hydrogen (secondary N) is 1. The summed E-state index contributed by atoms with van der Waals surface area (Å²) in [6.07, 6.45) is 0.310. The number of aryl methyl sites for hydroxylation is 1. The molecule has 0 saturated heterocycles. The summed E-state index contributed by atoms with van der Waals surface area (Å²) in [5.74, 6) is -0.244. The lowest BCUT2D eigenvalue weighted by molar-refractivity contribution is -0.140. The Morgan fingerprint density at radius 3 is 3.06 bits per heavy atom. The third kappa shape index (κ3) is 2.70. The van der Waals surface area contributed by atoms with E-state index >= 15 is 0 Å². The number of aromatic nitrogens is 1. The van der Waals surface area contributed by atoms with Gasteiger partial charge in [-0.15, -0.1) is 11.3 Å². The number of carbonyl (C=O) groups is 1. The number of thiazole rings is 1. The number of nitrogen functional groups attached to an aromatic ring is 1. The molecule has 0 bridgehead atoms. The minimum atomic E-state index is -0.244. The lowest BCUT2D eigenvalue weighted by Crippen LogP contribution is -2.10. The van der Waals surface area contributed by atoms with E-state index < -0.39 is 0 Å². The molecule has 3 N–H and O–H groups in total. The molecule has 18 heavy (non-hydrogen) atoms. The van der Waals surface area contributed by atoms with Gasteiger partial charge >= 0.3 is 5.97 Å². The van der Waals surface area contributed by atoms with Crippen molar-refractivity contribution in [2.75, 3.05) is 24.7 Å². The summed E-state index contributed by atoms with van der Waals surface area (Å²) in [5, 5.41) is 4.13. The zero-order valence-corrected chi connectivity index (χ0v) is 11.1. The lowest BCUT2D eigenvalue weighted by atomic mass is 10.2. The van der Waals surface area contributed by atoms with Crippen molar-refractivity contribution in [1.82, 2.24) is 4.98 Å². The van der Waals surface area contributed by atoms with Gasteiger partial charge in [-0.25, -0.2) is 4.98 Å². The molecular formula is C12H15N3O2S. The van der Waals surface area contributed by atoms with Crippen molar-refractivity contribution in [2.45, 2.75) is 13.3 Å². The first-order chi connectivity index (χ1) is 8.60. The van der Waals surface area contributed by atoms with Crippen LogP contribution in [0.5, 0.6) is 0 Å². The normalized spacial score (nSPS) is 10.6. The second-order valence-electron chi connectivity index (χ2n) is 3.89. The topological polar surface area (TPSA) is 77.2 Å². The van der Waals surface area contributed by atoms with Crippen molar-refractivity contribution < 1.29 is 9.53 Å². The van der Waals surface area contributed by atoms with Gasteiger partial charge in [0.1, 0.15) is 0 Å². The molecule has 0 amide bonds. The number of benzene rings is 1. The first kappa shape index (κ1) is 12.6. The summed E-state index contributed by atoms with van der Waals surface area (Å²) in [5.41, 5.74) is 8.33. The molecule has 96 valence electrons. The van der Waals surface area contributed by atoms with Crippen LogP contribution in [0.3, 0.4) is 0 Å². The smallest absolute Gasteiger partial charge is 0.307 e. The molecule has 2 rings (SSSR count). The average Bonchev–Trinajstić information content (AvgIpc) is 2.68. The molecule has 1 aromatic heterocycles. The molecule has 1 aromatic carbocycles. The van der Waals surface area contributed by atoms with Crippen LogP contribution < -0.4 is 11.1 Å². The summed E-state index contributed by atoms with van der Waals surface area (Å²) in [7, 11) is 1.38. The van der Waals surface area contributed by atoms with E-state index in [-0.39, 0.29) is 5.97 Å². The summed E-state index contributed by atoms with van der Waals surface area (Å²) >= 11 is 1.61.